The van der Waals surface area contributed by atoms with Crippen molar-refractivity contribution in [2.45, 2.75) is 39.0 Å². The number of nitrogens with one attached hydrogen (secondary N) is 1. The molecular weight excluding hydrogens is 320 g/mol. The summed E-state index contributed by atoms with van der Waals surface area (Å²) in [6.07, 6.45) is 2.34. The molecule has 0 bridgehead atoms. The molecule has 0 spiro atoms. The molecule has 1 aliphatic rings. The van der Waals surface area contributed by atoms with Gasteiger partial charge in [-0.05, 0) is 38.5 Å². The summed E-state index contributed by atoms with van der Waals surface area (Å²) in [5, 5.41) is 2.98. The topological polar surface area (TPSA) is 86.2 Å². The van der Waals surface area contributed by atoms with Gasteiger partial charge in [-0.2, -0.15) is 0 Å². The number of aromatic nitrogens is 3. The van der Waals surface area contributed by atoms with E-state index in [2.05, 4.69) is 20.3 Å². The Balaban J connectivity index is 1.63. The van der Waals surface area contributed by atoms with E-state index in [1.807, 2.05) is 25.1 Å². The average molecular weight is 342 g/mol. The summed E-state index contributed by atoms with van der Waals surface area (Å²) in [5.41, 5.74) is 1.99. The number of hydrogen-bond acceptors (Lipinski definition) is 6. The zero-order valence-electron chi connectivity index (χ0n) is 14.4. The standard InChI is InChI=1S/C18H22N4O3/c1-12-9-15(21-13(2)20-12)18(23)22-16-11-24-8-6-17(16)25-10-14-5-3-4-7-19-14/h3-5,7,9,16-17H,6,8,10-11H2,1-2H3,(H,22,23)/t16-,17-/m1/s1. The zero-order chi connectivity index (χ0) is 17.6. The van der Waals surface area contributed by atoms with E-state index in [4.69, 9.17) is 9.47 Å². The average Bonchev–Trinajstić information content (AvgIpc) is 2.61. The van der Waals surface area contributed by atoms with Crippen molar-refractivity contribution in [2.24, 2.45) is 0 Å². The van der Waals surface area contributed by atoms with Crippen molar-refractivity contribution in [1.82, 2.24) is 20.3 Å². The molecule has 3 rings (SSSR count). The molecule has 7 heteroatoms. The Morgan fingerprint density at radius 3 is 3.00 bits per heavy atom. The van der Waals surface area contributed by atoms with E-state index in [9.17, 15) is 4.79 Å². The molecule has 2 atom stereocenters. The summed E-state index contributed by atoms with van der Waals surface area (Å²) >= 11 is 0. The third-order valence-electron chi connectivity index (χ3n) is 3.98. The quantitative estimate of drug-likeness (QED) is 0.888. The van der Waals surface area contributed by atoms with E-state index < -0.39 is 0 Å². The molecule has 2 aromatic rings. The van der Waals surface area contributed by atoms with Crippen LogP contribution >= 0.6 is 0 Å². The van der Waals surface area contributed by atoms with Crippen LogP contribution in [-0.2, 0) is 16.1 Å². The minimum Gasteiger partial charge on any atom is -0.379 e. The van der Waals surface area contributed by atoms with Gasteiger partial charge in [0.1, 0.15) is 11.5 Å². The van der Waals surface area contributed by atoms with Crippen LogP contribution in [0, 0.1) is 13.8 Å². The fourth-order valence-corrected chi connectivity index (χ4v) is 2.80. The van der Waals surface area contributed by atoms with Gasteiger partial charge >= 0.3 is 0 Å². The van der Waals surface area contributed by atoms with E-state index in [1.54, 1.807) is 19.2 Å². The Morgan fingerprint density at radius 2 is 2.24 bits per heavy atom. The Labute approximate surface area is 146 Å². The Kier molecular flexibility index (Phi) is 5.67. The van der Waals surface area contributed by atoms with Gasteiger partial charge in [0.05, 0.1) is 31.1 Å². The van der Waals surface area contributed by atoms with Crippen LogP contribution in [-0.4, -0.2) is 46.2 Å². The second-order valence-corrected chi connectivity index (χ2v) is 6.06. The highest BCUT2D eigenvalue weighted by Crippen LogP contribution is 2.14. The third-order valence-corrected chi connectivity index (χ3v) is 3.98. The molecule has 1 saturated heterocycles. The van der Waals surface area contributed by atoms with Crippen molar-refractivity contribution in [3.05, 3.63) is 53.4 Å². The van der Waals surface area contributed by atoms with Gasteiger partial charge in [-0.15, -0.1) is 0 Å². The van der Waals surface area contributed by atoms with E-state index in [0.29, 0.717) is 31.3 Å². The van der Waals surface area contributed by atoms with Crippen molar-refractivity contribution >= 4 is 5.91 Å². The smallest absolute Gasteiger partial charge is 0.270 e. The van der Waals surface area contributed by atoms with Crippen LogP contribution in [0.4, 0.5) is 0 Å². The Hall–Kier alpha value is -2.38. The van der Waals surface area contributed by atoms with E-state index in [0.717, 1.165) is 17.8 Å². The van der Waals surface area contributed by atoms with E-state index >= 15 is 0 Å². The lowest BCUT2D eigenvalue weighted by molar-refractivity contribution is -0.0613. The largest absolute Gasteiger partial charge is 0.379 e. The molecule has 1 N–H and O–H groups in total. The third kappa shape index (κ3) is 4.80. The van der Waals surface area contributed by atoms with Gasteiger partial charge in [0.15, 0.2) is 0 Å². The van der Waals surface area contributed by atoms with Crippen molar-refractivity contribution < 1.29 is 14.3 Å². The lowest BCUT2D eigenvalue weighted by Crippen LogP contribution is -2.50. The summed E-state index contributed by atoms with van der Waals surface area (Å²) in [5.74, 6) is 0.337. The van der Waals surface area contributed by atoms with Crippen LogP contribution in [0.2, 0.25) is 0 Å². The Morgan fingerprint density at radius 1 is 1.36 bits per heavy atom. The highest BCUT2D eigenvalue weighted by Gasteiger charge is 2.28. The van der Waals surface area contributed by atoms with Gasteiger partial charge in [0.25, 0.3) is 5.91 Å². The predicted molar refractivity (Wildman–Crippen MR) is 91.0 cm³/mol. The van der Waals surface area contributed by atoms with Crippen molar-refractivity contribution in [3.63, 3.8) is 0 Å². The number of carbonyl (C=O) groups excluding carboxylic acids is 1. The number of carbonyl (C=O) groups is 1. The number of ether oxygens (including phenoxy) is 2. The lowest BCUT2D eigenvalue weighted by atomic mass is 10.1. The highest BCUT2D eigenvalue weighted by molar-refractivity contribution is 5.92. The second kappa shape index (κ2) is 8.13. The summed E-state index contributed by atoms with van der Waals surface area (Å²) in [6, 6.07) is 7.16. The number of nitrogens with zero attached hydrogens (tertiary/aromatic N) is 3. The molecule has 1 aliphatic heterocycles. The fourth-order valence-electron chi connectivity index (χ4n) is 2.80. The first-order valence-electron chi connectivity index (χ1n) is 8.34. The number of rotatable bonds is 5. The van der Waals surface area contributed by atoms with Gasteiger partial charge in [-0.3, -0.25) is 9.78 Å². The molecule has 25 heavy (non-hydrogen) atoms. The first kappa shape index (κ1) is 17.4. The maximum Gasteiger partial charge on any atom is 0.270 e. The number of amides is 1. The maximum atomic E-state index is 12.5. The molecule has 0 aliphatic carbocycles. The summed E-state index contributed by atoms with van der Waals surface area (Å²) < 4.78 is 11.5. The minimum atomic E-state index is -0.240. The van der Waals surface area contributed by atoms with Gasteiger partial charge in [0.2, 0.25) is 0 Å². The van der Waals surface area contributed by atoms with Gasteiger partial charge in [-0.25, -0.2) is 9.97 Å². The molecular formula is C18H22N4O3. The number of pyridine rings is 1. The Bertz CT molecular complexity index is 703. The molecule has 3 heterocycles. The number of hydrogen-bond donors (Lipinski definition) is 1. The molecule has 132 valence electrons. The van der Waals surface area contributed by atoms with Crippen LogP contribution in [0.3, 0.4) is 0 Å². The predicted octanol–water partition coefficient (Wildman–Crippen LogP) is 1.59. The van der Waals surface area contributed by atoms with E-state index in [-0.39, 0.29) is 18.1 Å². The minimum absolute atomic E-state index is 0.122. The van der Waals surface area contributed by atoms with Crippen molar-refractivity contribution in [1.29, 1.82) is 0 Å². The molecule has 2 aromatic heterocycles. The lowest BCUT2D eigenvalue weighted by Gasteiger charge is -2.32. The molecule has 0 radical (unpaired) electrons. The molecule has 0 unspecified atom stereocenters. The number of aryl methyl sites for hydroxylation is 2. The van der Waals surface area contributed by atoms with Crippen LogP contribution in [0.5, 0.6) is 0 Å². The summed E-state index contributed by atoms with van der Waals surface area (Å²) in [7, 11) is 0. The monoisotopic (exact) mass is 342 g/mol. The molecule has 0 aromatic carbocycles. The van der Waals surface area contributed by atoms with Crippen LogP contribution in [0.25, 0.3) is 0 Å². The first-order valence-corrected chi connectivity index (χ1v) is 8.34. The maximum absolute atomic E-state index is 12.5. The van der Waals surface area contributed by atoms with Crippen molar-refractivity contribution in [2.75, 3.05) is 13.2 Å². The van der Waals surface area contributed by atoms with Crippen LogP contribution in [0.15, 0.2) is 30.5 Å². The first-order chi connectivity index (χ1) is 12.1. The second-order valence-electron chi connectivity index (χ2n) is 6.06. The highest BCUT2D eigenvalue weighted by atomic mass is 16.5. The molecule has 0 saturated carbocycles. The van der Waals surface area contributed by atoms with Gasteiger partial charge < -0.3 is 14.8 Å². The van der Waals surface area contributed by atoms with Crippen LogP contribution < -0.4 is 5.32 Å². The normalized spacial score (nSPS) is 20.2. The zero-order valence-corrected chi connectivity index (χ0v) is 14.4. The molecule has 7 nitrogen and oxygen atoms in total. The SMILES string of the molecule is Cc1cc(C(=O)N[C@@H]2COCC[C@H]2OCc2ccccn2)nc(C)n1. The van der Waals surface area contributed by atoms with Gasteiger partial charge in [0, 0.05) is 18.5 Å². The molecule has 1 fully saturated rings. The fraction of sp³-hybridized carbons (Fsp3) is 0.444. The summed E-state index contributed by atoms with van der Waals surface area (Å²) in [6.45, 7) is 5.05. The van der Waals surface area contributed by atoms with E-state index in [1.165, 1.54) is 0 Å². The molecule has 1 amide bonds. The van der Waals surface area contributed by atoms with Crippen molar-refractivity contribution in [3.8, 4) is 0 Å². The van der Waals surface area contributed by atoms with Crippen LogP contribution in [0.1, 0.15) is 34.1 Å². The summed E-state index contributed by atoms with van der Waals surface area (Å²) in [4.78, 5) is 25.2. The van der Waals surface area contributed by atoms with Gasteiger partial charge in [-0.1, -0.05) is 6.07 Å².